The quantitative estimate of drug-likeness (QED) is 0.450. The van der Waals surface area contributed by atoms with Gasteiger partial charge in [0.1, 0.15) is 35.0 Å². The summed E-state index contributed by atoms with van der Waals surface area (Å²) in [7, 11) is 0. The van der Waals surface area contributed by atoms with Crippen LogP contribution in [0.3, 0.4) is 0 Å². The zero-order valence-electron chi connectivity index (χ0n) is 17.0. The molecule has 4 aromatic rings. The van der Waals surface area contributed by atoms with Crippen LogP contribution in [-0.4, -0.2) is 35.3 Å². The number of nitrogens with zero attached hydrogens (tertiary/aromatic N) is 6. The van der Waals surface area contributed by atoms with Gasteiger partial charge in [-0.25, -0.2) is 19.0 Å². The number of halogens is 1. The van der Waals surface area contributed by atoms with E-state index in [1.54, 1.807) is 60.5 Å². The summed E-state index contributed by atoms with van der Waals surface area (Å²) in [5.41, 5.74) is 2.70. The third kappa shape index (κ3) is 3.76. The Balaban J connectivity index is 1.65. The van der Waals surface area contributed by atoms with Crippen molar-refractivity contribution in [3.8, 4) is 22.9 Å². The zero-order chi connectivity index (χ0) is 21.3. The average Bonchev–Trinajstić information content (AvgIpc) is 3.34. The van der Waals surface area contributed by atoms with Crippen molar-refractivity contribution in [3.63, 3.8) is 0 Å². The maximum atomic E-state index is 14.3. The topological polar surface area (TPSA) is 78.5 Å². The lowest BCUT2D eigenvalue weighted by atomic mass is 10.0. The van der Waals surface area contributed by atoms with Crippen LogP contribution in [0.25, 0.3) is 22.9 Å². The van der Waals surface area contributed by atoms with Crippen LogP contribution < -0.4 is 0 Å². The van der Waals surface area contributed by atoms with Gasteiger partial charge in [-0.15, -0.1) is 5.10 Å². The second-order valence-electron chi connectivity index (χ2n) is 7.48. The molecule has 0 unspecified atom stereocenters. The molecule has 152 valence electrons. The number of carbonyl (C=O) groups is 1. The fourth-order valence-electron chi connectivity index (χ4n) is 3.21. The molecular formula is C22H21FN6O. The van der Waals surface area contributed by atoms with Crippen LogP contribution in [-0.2, 0) is 0 Å². The number of Topliss-reactive ketones (excluding diaryl/α,β-unsaturated/α-hetero) is 1. The van der Waals surface area contributed by atoms with Gasteiger partial charge in [0.2, 0.25) is 0 Å². The number of ketones is 1. The number of carbonyl (C=O) groups excluding carboxylic acids is 1. The van der Waals surface area contributed by atoms with Gasteiger partial charge in [-0.2, -0.15) is 0 Å². The molecule has 0 radical (unpaired) electrons. The standard InChI is InChI=1S/C22H21FN6O/c1-14(2)10-20(30)16-8-9-21(24-11-16)28-12-18(25-13-28)22-15(3)26-27-29(22)19-7-5-4-6-17(19)23/h4-9,11-14H,10H2,1-3H3. The van der Waals surface area contributed by atoms with E-state index in [2.05, 4.69) is 20.3 Å². The van der Waals surface area contributed by atoms with E-state index in [0.717, 1.165) is 0 Å². The van der Waals surface area contributed by atoms with E-state index < -0.39 is 5.82 Å². The first-order valence-corrected chi connectivity index (χ1v) is 9.65. The van der Waals surface area contributed by atoms with Crippen LogP contribution in [0.1, 0.15) is 36.3 Å². The number of aryl methyl sites for hydroxylation is 1. The van der Waals surface area contributed by atoms with Crippen molar-refractivity contribution in [1.82, 2.24) is 29.5 Å². The summed E-state index contributed by atoms with van der Waals surface area (Å²) in [6.45, 7) is 5.82. The van der Waals surface area contributed by atoms with Crippen LogP contribution in [0.4, 0.5) is 4.39 Å². The Morgan fingerprint density at radius 1 is 1.13 bits per heavy atom. The lowest BCUT2D eigenvalue weighted by molar-refractivity contribution is 0.0967. The predicted molar refractivity (Wildman–Crippen MR) is 110 cm³/mol. The van der Waals surface area contributed by atoms with Crippen molar-refractivity contribution < 1.29 is 9.18 Å². The molecule has 0 aliphatic carbocycles. The largest absolute Gasteiger partial charge is 0.294 e. The molecule has 0 atom stereocenters. The molecular weight excluding hydrogens is 383 g/mol. The molecule has 0 amide bonds. The SMILES string of the molecule is Cc1nnn(-c2ccccc2F)c1-c1cn(-c2ccc(C(=O)CC(C)C)cn2)cn1. The van der Waals surface area contributed by atoms with Crippen molar-refractivity contribution >= 4 is 5.78 Å². The summed E-state index contributed by atoms with van der Waals surface area (Å²) in [6, 6.07) is 9.92. The van der Waals surface area contributed by atoms with Gasteiger partial charge in [0.15, 0.2) is 5.78 Å². The molecule has 0 saturated carbocycles. The lowest BCUT2D eigenvalue weighted by Gasteiger charge is -2.06. The molecule has 0 N–H and O–H groups in total. The van der Waals surface area contributed by atoms with Crippen molar-refractivity contribution in [1.29, 1.82) is 0 Å². The minimum Gasteiger partial charge on any atom is -0.294 e. The van der Waals surface area contributed by atoms with Gasteiger partial charge in [0, 0.05) is 24.4 Å². The highest BCUT2D eigenvalue weighted by Gasteiger charge is 2.18. The van der Waals surface area contributed by atoms with Crippen LogP contribution in [0, 0.1) is 18.7 Å². The zero-order valence-corrected chi connectivity index (χ0v) is 17.0. The van der Waals surface area contributed by atoms with Gasteiger partial charge in [-0.05, 0) is 37.1 Å². The summed E-state index contributed by atoms with van der Waals surface area (Å²) in [6.07, 6.45) is 5.46. The van der Waals surface area contributed by atoms with E-state index in [1.165, 1.54) is 10.7 Å². The summed E-state index contributed by atoms with van der Waals surface area (Å²) in [5.74, 6) is 0.596. The molecule has 0 bridgehead atoms. The molecule has 1 aromatic carbocycles. The molecule has 0 aliphatic heterocycles. The number of hydrogen-bond donors (Lipinski definition) is 0. The van der Waals surface area contributed by atoms with E-state index in [0.29, 0.717) is 46.5 Å². The number of benzene rings is 1. The Bertz CT molecular complexity index is 1190. The highest BCUT2D eigenvalue weighted by atomic mass is 19.1. The molecule has 8 heteroatoms. The van der Waals surface area contributed by atoms with E-state index >= 15 is 0 Å². The van der Waals surface area contributed by atoms with Gasteiger partial charge < -0.3 is 0 Å². The second-order valence-corrected chi connectivity index (χ2v) is 7.48. The van der Waals surface area contributed by atoms with E-state index in [-0.39, 0.29) is 5.78 Å². The minimum atomic E-state index is -0.397. The van der Waals surface area contributed by atoms with Crippen molar-refractivity contribution in [3.05, 3.63) is 72.2 Å². The molecule has 0 spiro atoms. The van der Waals surface area contributed by atoms with Crippen molar-refractivity contribution in [2.24, 2.45) is 5.92 Å². The number of hydrogen-bond acceptors (Lipinski definition) is 5. The molecule has 0 fully saturated rings. The molecule has 4 rings (SSSR count). The Morgan fingerprint density at radius 2 is 1.93 bits per heavy atom. The summed E-state index contributed by atoms with van der Waals surface area (Å²) >= 11 is 0. The maximum absolute atomic E-state index is 14.3. The number of rotatable bonds is 6. The maximum Gasteiger partial charge on any atom is 0.164 e. The van der Waals surface area contributed by atoms with E-state index in [1.807, 2.05) is 13.8 Å². The highest BCUT2D eigenvalue weighted by Crippen LogP contribution is 2.25. The first-order valence-electron chi connectivity index (χ1n) is 9.65. The predicted octanol–water partition coefficient (Wildman–Crippen LogP) is 4.19. The highest BCUT2D eigenvalue weighted by molar-refractivity contribution is 5.95. The molecule has 0 saturated heterocycles. The van der Waals surface area contributed by atoms with Gasteiger partial charge in [-0.3, -0.25) is 9.36 Å². The second kappa shape index (κ2) is 7.98. The summed E-state index contributed by atoms with van der Waals surface area (Å²) in [4.78, 5) is 21.0. The lowest BCUT2D eigenvalue weighted by Crippen LogP contribution is -2.05. The van der Waals surface area contributed by atoms with Crippen LogP contribution in [0.5, 0.6) is 0 Å². The molecule has 0 aliphatic rings. The third-order valence-electron chi connectivity index (χ3n) is 4.67. The molecule has 7 nitrogen and oxygen atoms in total. The number of imidazole rings is 1. The fourth-order valence-corrected chi connectivity index (χ4v) is 3.21. The minimum absolute atomic E-state index is 0.0749. The molecule has 3 aromatic heterocycles. The molecule has 3 heterocycles. The monoisotopic (exact) mass is 404 g/mol. The number of aromatic nitrogens is 6. The summed E-state index contributed by atoms with van der Waals surface area (Å²) in [5, 5.41) is 8.17. The first kappa shape index (κ1) is 19.6. The van der Waals surface area contributed by atoms with Gasteiger partial charge in [0.05, 0.1) is 5.69 Å². The van der Waals surface area contributed by atoms with E-state index in [9.17, 15) is 9.18 Å². The van der Waals surface area contributed by atoms with Crippen LogP contribution >= 0.6 is 0 Å². The van der Waals surface area contributed by atoms with Gasteiger partial charge in [0.25, 0.3) is 0 Å². The van der Waals surface area contributed by atoms with E-state index in [4.69, 9.17) is 0 Å². The Morgan fingerprint density at radius 3 is 2.63 bits per heavy atom. The van der Waals surface area contributed by atoms with Crippen molar-refractivity contribution in [2.75, 3.05) is 0 Å². The normalized spacial score (nSPS) is 11.2. The average molecular weight is 404 g/mol. The van der Waals surface area contributed by atoms with Crippen LogP contribution in [0.15, 0.2) is 55.1 Å². The number of para-hydroxylation sites is 1. The molecule has 30 heavy (non-hydrogen) atoms. The van der Waals surface area contributed by atoms with Crippen LogP contribution in [0.2, 0.25) is 0 Å². The van der Waals surface area contributed by atoms with Gasteiger partial charge in [-0.1, -0.05) is 31.2 Å². The third-order valence-corrected chi connectivity index (χ3v) is 4.67. The number of pyridine rings is 1. The Kier molecular flexibility index (Phi) is 5.22. The smallest absolute Gasteiger partial charge is 0.164 e. The Labute approximate surface area is 173 Å². The fraction of sp³-hybridized carbons (Fsp3) is 0.227. The van der Waals surface area contributed by atoms with Crippen molar-refractivity contribution in [2.45, 2.75) is 27.2 Å². The summed E-state index contributed by atoms with van der Waals surface area (Å²) < 4.78 is 17.5. The first-order chi connectivity index (χ1) is 14.4. The Hall–Kier alpha value is -3.68. The van der Waals surface area contributed by atoms with Gasteiger partial charge >= 0.3 is 0 Å².